The van der Waals surface area contributed by atoms with Gasteiger partial charge in [0.25, 0.3) is 11.5 Å². The van der Waals surface area contributed by atoms with Gasteiger partial charge in [-0.3, -0.25) is 14.9 Å². The second-order valence-corrected chi connectivity index (χ2v) is 5.35. The third-order valence-corrected chi connectivity index (χ3v) is 3.56. The lowest BCUT2D eigenvalue weighted by molar-refractivity contribution is -0.127. The third kappa shape index (κ3) is 3.82. The van der Waals surface area contributed by atoms with Gasteiger partial charge in [0, 0.05) is 6.54 Å². The van der Waals surface area contributed by atoms with Crippen LogP contribution < -0.4 is 16.6 Å². The molecule has 0 spiro atoms. The summed E-state index contributed by atoms with van der Waals surface area (Å²) in [6.45, 7) is 5.21. The summed E-state index contributed by atoms with van der Waals surface area (Å²) in [5.74, 6) is -1.59. The van der Waals surface area contributed by atoms with Crippen molar-refractivity contribution >= 4 is 28.9 Å². The minimum atomic E-state index is -1.20. The van der Waals surface area contributed by atoms with Crippen molar-refractivity contribution in [1.29, 1.82) is 0 Å². The number of carbonyl (C=O) groups is 3. The van der Waals surface area contributed by atoms with Crippen LogP contribution in [0, 0.1) is 6.92 Å². The fourth-order valence-corrected chi connectivity index (χ4v) is 2.32. The molecular formula is C16H18N4O5. The number of nitrogens with zero attached hydrogens (tertiary/aromatic N) is 2. The summed E-state index contributed by atoms with van der Waals surface area (Å²) in [4.78, 5) is 50.7. The fourth-order valence-electron chi connectivity index (χ4n) is 2.32. The lowest BCUT2D eigenvalue weighted by Crippen LogP contribution is -2.42. The first-order valence-corrected chi connectivity index (χ1v) is 7.57. The van der Waals surface area contributed by atoms with Crippen LogP contribution in [-0.4, -0.2) is 33.6 Å². The molecule has 25 heavy (non-hydrogen) atoms. The predicted octanol–water partition coefficient (Wildman–Crippen LogP) is 0.465. The Balaban J connectivity index is 2.31. The van der Waals surface area contributed by atoms with Crippen molar-refractivity contribution < 1.29 is 19.1 Å². The van der Waals surface area contributed by atoms with Crippen molar-refractivity contribution in [3.05, 3.63) is 39.8 Å². The number of aryl methyl sites for hydroxylation is 2. The molecule has 3 N–H and O–H groups in total. The summed E-state index contributed by atoms with van der Waals surface area (Å²) in [6.07, 6.45) is -1.20. The predicted molar refractivity (Wildman–Crippen MR) is 89.0 cm³/mol. The summed E-state index contributed by atoms with van der Waals surface area (Å²) in [5.41, 5.74) is 6.18. The maximum atomic E-state index is 12.2. The Kier molecular flexibility index (Phi) is 5.16. The Morgan fingerprint density at radius 1 is 1.36 bits per heavy atom. The number of urea groups is 1. The first-order chi connectivity index (χ1) is 11.7. The van der Waals surface area contributed by atoms with Crippen molar-refractivity contribution in [3.8, 4) is 0 Å². The molecule has 0 radical (unpaired) electrons. The van der Waals surface area contributed by atoms with Crippen LogP contribution in [0.5, 0.6) is 0 Å². The molecule has 0 bridgehead atoms. The third-order valence-electron chi connectivity index (χ3n) is 3.56. The minimum absolute atomic E-state index is 0.166. The molecule has 3 amide bonds. The number of hydrogen-bond donors (Lipinski definition) is 2. The maximum Gasteiger partial charge on any atom is 0.338 e. The molecule has 2 rings (SSSR count). The first kappa shape index (κ1) is 18.1. The Hall–Kier alpha value is -3.23. The lowest BCUT2D eigenvalue weighted by Gasteiger charge is -2.13. The quantitative estimate of drug-likeness (QED) is 0.773. The minimum Gasteiger partial charge on any atom is -0.449 e. The average Bonchev–Trinajstić information content (AvgIpc) is 2.54. The molecule has 0 aliphatic carbocycles. The Bertz CT molecular complexity index is 919. The molecular weight excluding hydrogens is 328 g/mol. The van der Waals surface area contributed by atoms with E-state index in [9.17, 15) is 19.2 Å². The number of amides is 3. The zero-order valence-electron chi connectivity index (χ0n) is 14.0. The van der Waals surface area contributed by atoms with Crippen LogP contribution in [0.3, 0.4) is 0 Å². The molecule has 0 saturated carbocycles. The number of hydrogen-bond acceptors (Lipinski definition) is 6. The molecule has 0 aliphatic rings. The number of aromatic nitrogens is 2. The van der Waals surface area contributed by atoms with Crippen molar-refractivity contribution in [2.45, 2.75) is 33.4 Å². The van der Waals surface area contributed by atoms with Crippen LogP contribution in [0.25, 0.3) is 11.0 Å². The summed E-state index contributed by atoms with van der Waals surface area (Å²) in [7, 11) is 0. The van der Waals surface area contributed by atoms with E-state index in [0.717, 1.165) is 0 Å². The van der Waals surface area contributed by atoms with E-state index >= 15 is 0 Å². The van der Waals surface area contributed by atoms with Gasteiger partial charge in [-0.05, 0) is 39.0 Å². The van der Waals surface area contributed by atoms with Gasteiger partial charge >= 0.3 is 12.0 Å². The molecule has 1 aromatic carbocycles. The molecule has 1 atom stereocenters. The second kappa shape index (κ2) is 7.12. The Labute approximate surface area is 142 Å². The van der Waals surface area contributed by atoms with Crippen LogP contribution in [0.2, 0.25) is 0 Å². The number of nitrogens with two attached hydrogens (primary N) is 1. The highest BCUT2D eigenvalue weighted by Gasteiger charge is 2.20. The second-order valence-electron chi connectivity index (χ2n) is 5.35. The number of primary amides is 1. The monoisotopic (exact) mass is 346 g/mol. The lowest BCUT2D eigenvalue weighted by atomic mass is 10.2. The van der Waals surface area contributed by atoms with E-state index in [1.165, 1.54) is 19.1 Å². The topological polar surface area (TPSA) is 133 Å². The van der Waals surface area contributed by atoms with E-state index in [4.69, 9.17) is 10.5 Å². The maximum absolute atomic E-state index is 12.2. The van der Waals surface area contributed by atoms with Gasteiger partial charge in [-0.25, -0.2) is 14.6 Å². The fraction of sp³-hybridized carbons (Fsp3) is 0.312. The summed E-state index contributed by atoms with van der Waals surface area (Å²) in [5, 5.41) is 1.83. The molecule has 0 aliphatic heterocycles. The van der Waals surface area contributed by atoms with E-state index < -0.39 is 24.0 Å². The van der Waals surface area contributed by atoms with Crippen LogP contribution in [0.1, 0.15) is 29.9 Å². The van der Waals surface area contributed by atoms with Gasteiger partial charge in [-0.15, -0.1) is 0 Å². The van der Waals surface area contributed by atoms with Crippen molar-refractivity contribution in [3.63, 3.8) is 0 Å². The average molecular weight is 346 g/mol. The number of ether oxygens (including phenoxy) is 1. The molecule has 132 valence electrons. The van der Waals surface area contributed by atoms with Gasteiger partial charge < -0.3 is 15.0 Å². The highest BCUT2D eigenvalue weighted by molar-refractivity contribution is 5.98. The Morgan fingerprint density at radius 3 is 2.64 bits per heavy atom. The van der Waals surface area contributed by atoms with Gasteiger partial charge in [0.2, 0.25) is 0 Å². The smallest absolute Gasteiger partial charge is 0.338 e. The number of carbonyl (C=O) groups excluding carboxylic acids is 3. The highest BCUT2D eigenvalue weighted by Crippen LogP contribution is 2.15. The number of imide groups is 1. The van der Waals surface area contributed by atoms with E-state index in [-0.39, 0.29) is 11.1 Å². The SMILES string of the molecule is CCn1c(=O)c(C)nc2cc(C(=O)O[C@@H](C)C(=O)NC(N)=O)ccc21. The van der Waals surface area contributed by atoms with Crippen molar-refractivity contribution in [2.24, 2.45) is 5.73 Å². The zero-order valence-corrected chi connectivity index (χ0v) is 14.0. The molecule has 9 heteroatoms. The Morgan fingerprint density at radius 2 is 2.04 bits per heavy atom. The number of esters is 1. The van der Waals surface area contributed by atoms with Gasteiger partial charge in [0.05, 0.1) is 16.6 Å². The highest BCUT2D eigenvalue weighted by atomic mass is 16.5. The number of nitrogens with one attached hydrogen (secondary N) is 1. The zero-order chi connectivity index (χ0) is 18.7. The van der Waals surface area contributed by atoms with Gasteiger partial charge in [0.15, 0.2) is 6.10 Å². The van der Waals surface area contributed by atoms with Gasteiger partial charge in [0.1, 0.15) is 5.69 Å². The molecule has 0 fully saturated rings. The van der Waals surface area contributed by atoms with Crippen LogP contribution in [0.15, 0.2) is 23.0 Å². The number of benzene rings is 1. The van der Waals surface area contributed by atoms with E-state index in [0.29, 0.717) is 23.3 Å². The normalized spacial score (nSPS) is 11.8. The molecule has 1 aromatic heterocycles. The van der Waals surface area contributed by atoms with Crippen molar-refractivity contribution in [2.75, 3.05) is 0 Å². The first-order valence-electron chi connectivity index (χ1n) is 7.57. The number of fused-ring (bicyclic) bond motifs is 1. The van der Waals surface area contributed by atoms with Crippen molar-refractivity contribution in [1.82, 2.24) is 14.9 Å². The molecule has 2 aromatic rings. The largest absolute Gasteiger partial charge is 0.449 e. The molecule has 9 nitrogen and oxygen atoms in total. The summed E-state index contributed by atoms with van der Waals surface area (Å²) < 4.78 is 6.55. The van der Waals surface area contributed by atoms with E-state index in [2.05, 4.69) is 4.98 Å². The summed E-state index contributed by atoms with van der Waals surface area (Å²) in [6, 6.07) is 3.52. The van der Waals surface area contributed by atoms with E-state index in [1.54, 1.807) is 17.6 Å². The van der Waals surface area contributed by atoms with Gasteiger partial charge in [-0.1, -0.05) is 0 Å². The van der Waals surface area contributed by atoms with Crippen LogP contribution in [-0.2, 0) is 16.1 Å². The molecule has 1 heterocycles. The van der Waals surface area contributed by atoms with Crippen LogP contribution in [0.4, 0.5) is 4.79 Å². The van der Waals surface area contributed by atoms with Gasteiger partial charge in [-0.2, -0.15) is 0 Å². The van der Waals surface area contributed by atoms with Crippen LogP contribution >= 0.6 is 0 Å². The molecule has 0 saturated heterocycles. The standard InChI is InChI=1S/C16H18N4O5/c1-4-20-12-6-5-10(7-11(12)18-8(2)14(20)22)15(23)25-9(3)13(21)19-16(17)24/h5-7,9H,4H2,1-3H3,(H3,17,19,21,24)/t9-/m0/s1. The molecule has 0 unspecified atom stereocenters. The van der Waals surface area contributed by atoms with E-state index in [1.807, 2.05) is 12.2 Å². The summed E-state index contributed by atoms with van der Waals surface area (Å²) >= 11 is 0. The number of rotatable bonds is 4.